The number of carbonyl (C=O) groups excluding carboxylic acids is 1. The van der Waals surface area contributed by atoms with E-state index in [9.17, 15) is 4.79 Å². The largest absolute Gasteiger partial charge is 0.461 e. The van der Waals surface area contributed by atoms with Gasteiger partial charge in [0.2, 0.25) is 17.6 Å². The number of nitrogens with zero attached hydrogens (tertiary/aromatic N) is 2. The Balaban J connectivity index is 1.38. The smallest absolute Gasteiger partial charge is 0.238 e. The molecule has 0 radical (unpaired) electrons. The number of hydrogen-bond donors (Lipinski definition) is 1. The highest BCUT2D eigenvalue weighted by Gasteiger charge is 2.12. The number of aryl methyl sites for hydroxylation is 1. The third kappa shape index (κ3) is 4.79. The van der Waals surface area contributed by atoms with Gasteiger partial charge in [-0.2, -0.15) is 4.98 Å². The minimum absolute atomic E-state index is 0.0157. The van der Waals surface area contributed by atoms with Crippen molar-refractivity contribution in [1.29, 1.82) is 0 Å². The maximum atomic E-state index is 12.0. The molecule has 25 heavy (non-hydrogen) atoms. The lowest BCUT2D eigenvalue weighted by molar-refractivity contribution is -0.121. The van der Waals surface area contributed by atoms with Crippen LogP contribution >= 0.6 is 0 Å². The molecule has 0 spiro atoms. The van der Waals surface area contributed by atoms with Crippen LogP contribution < -0.4 is 5.32 Å². The maximum absolute atomic E-state index is 12.0. The molecule has 1 atom stereocenters. The normalized spacial score (nSPS) is 12.0. The zero-order valence-corrected chi connectivity index (χ0v) is 14.1. The first-order valence-electron chi connectivity index (χ1n) is 8.40. The third-order valence-corrected chi connectivity index (χ3v) is 4.04. The molecule has 0 saturated heterocycles. The highest BCUT2D eigenvalue weighted by atomic mass is 16.5. The molecule has 0 fully saturated rings. The van der Waals surface area contributed by atoms with Crippen molar-refractivity contribution in [2.24, 2.45) is 0 Å². The van der Waals surface area contributed by atoms with Crippen molar-refractivity contribution in [3.8, 4) is 11.6 Å². The van der Waals surface area contributed by atoms with E-state index in [0.29, 0.717) is 42.8 Å². The Morgan fingerprint density at radius 3 is 2.80 bits per heavy atom. The molecule has 1 aromatic carbocycles. The van der Waals surface area contributed by atoms with Gasteiger partial charge in [-0.1, -0.05) is 42.4 Å². The first-order valence-corrected chi connectivity index (χ1v) is 8.40. The predicted octanol–water partition coefficient (Wildman–Crippen LogP) is 3.57. The van der Waals surface area contributed by atoms with Crippen molar-refractivity contribution in [2.45, 2.75) is 32.1 Å². The fourth-order valence-corrected chi connectivity index (χ4v) is 2.55. The van der Waals surface area contributed by atoms with Crippen LogP contribution in [0.3, 0.4) is 0 Å². The van der Waals surface area contributed by atoms with Gasteiger partial charge in [-0.3, -0.25) is 4.79 Å². The quantitative estimate of drug-likeness (QED) is 0.678. The fraction of sp³-hybridized carbons (Fsp3) is 0.316. The molecule has 1 amide bonds. The van der Waals surface area contributed by atoms with E-state index in [0.717, 1.165) is 6.42 Å². The fourth-order valence-electron chi connectivity index (χ4n) is 2.55. The van der Waals surface area contributed by atoms with Crippen molar-refractivity contribution in [2.75, 3.05) is 6.54 Å². The molecule has 0 aliphatic heterocycles. The molecule has 2 heterocycles. The van der Waals surface area contributed by atoms with E-state index in [1.165, 1.54) is 5.56 Å². The van der Waals surface area contributed by atoms with Gasteiger partial charge in [-0.25, -0.2) is 0 Å². The second-order valence-electron chi connectivity index (χ2n) is 5.94. The van der Waals surface area contributed by atoms with Gasteiger partial charge in [0.25, 0.3) is 0 Å². The Hall–Kier alpha value is -2.89. The first-order chi connectivity index (χ1) is 12.2. The maximum Gasteiger partial charge on any atom is 0.238 e. The van der Waals surface area contributed by atoms with E-state index >= 15 is 0 Å². The van der Waals surface area contributed by atoms with Crippen LogP contribution in [0.15, 0.2) is 57.7 Å². The van der Waals surface area contributed by atoms with Gasteiger partial charge in [0, 0.05) is 19.4 Å². The monoisotopic (exact) mass is 339 g/mol. The molecule has 0 aliphatic rings. The zero-order chi connectivity index (χ0) is 17.5. The third-order valence-electron chi connectivity index (χ3n) is 4.04. The van der Waals surface area contributed by atoms with E-state index in [-0.39, 0.29) is 5.91 Å². The van der Waals surface area contributed by atoms with E-state index in [1.54, 1.807) is 18.4 Å². The number of furan rings is 1. The molecule has 3 aromatic rings. The SMILES string of the molecule is CC(CCNC(=O)CCc1nc(-c2ccco2)no1)c1ccccc1. The van der Waals surface area contributed by atoms with Crippen molar-refractivity contribution in [3.63, 3.8) is 0 Å². The summed E-state index contributed by atoms with van der Waals surface area (Å²) in [6.45, 7) is 2.81. The number of amides is 1. The van der Waals surface area contributed by atoms with Gasteiger partial charge in [-0.05, 0) is 30.0 Å². The molecule has 0 saturated carbocycles. The summed E-state index contributed by atoms with van der Waals surface area (Å²) in [5, 5.41) is 6.78. The molecular weight excluding hydrogens is 318 g/mol. The molecule has 0 bridgehead atoms. The molecule has 6 nitrogen and oxygen atoms in total. The van der Waals surface area contributed by atoms with Crippen molar-refractivity contribution >= 4 is 5.91 Å². The van der Waals surface area contributed by atoms with Crippen LogP contribution in [0.4, 0.5) is 0 Å². The van der Waals surface area contributed by atoms with Crippen molar-refractivity contribution in [3.05, 3.63) is 60.2 Å². The Kier molecular flexibility index (Phi) is 5.61. The van der Waals surface area contributed by atoms with Gasteiger partial charge < -0.3 is 14.3 Å². The van der Waals surface area contributed by atoms with Crippen molar-refractivity contribution < 1.29 is 13.7 Å². The Labute approximate surface area is 146 Å². The van der Waals surface area contributed by atoms with E-state index in [2.05, 4.69) is 34.5 Å². The summed E-state index contributed by atoms with van der Waals surface area (Å²) in [5.41, 5.74) is 1.29. The summed E-state index contributed by atoms with van der Waals surface area (Å²) in [6, 6.07) is 13.8. The molecule has 6 heteroatoms. The lowest BCUT2D eigenvalue weighted by Crippen LogP contribution is -2.25. The van der Waals surface area contributed by atoms with Crippen LogP contribution in [0, 0.1) is 0 Å². The Morgan fingerprint density at radius 2 is 2.04 bits per heavy atom. The lowest BCUT2D eigenvalue weighted by atomic mass is 9.98. The highest BCUT2D eigenvalue weighted by Crippen LogP contribution is 2.18. The summed E-state index contributed by atoms with van der Waals surface area (Å²) in [5.74, 6) is 1.77. The summed E-state index contributed by atoms with van der Waals surface area (Å²) >= 11 is 0. The average molecular weight is 339 g/mol. The standard InChI is InChI=1S/C19H21N3O3/c1-14(15-6-3-2-4-7-15)11-12-20-17(23)9-10-18-21-19(22-25-18)16-8-5-13-24-16/h2-8,13-14H,9-12H2,1H3,(H,20,23). The molecule has 2 aromatic heterocycles. The van der Waals surface area contributed by atoms with Crippen LogP contribution in [-0.2, 0) is 11.2 Å². The summed E-state index contributed by atoms with van der Waals surface area (Å²) in [7, 11) is 0. The first kappa shape index (κ1) is 17.0. The van der Waals surface area contributed by atoms with E-state index < -0.39 is 0 Å². The summed E-state index contributed by atoms with van der Waals surface area (Å²) in [4.78, 5) is 16.2. The minimum atomic E-state index is -0.0157. The van der Waals surface area contributed by atoms with Gasteiger partial charge in [0.05, 0.1) is 6.26 Å². The van der Waals surface area contributed by atoms with E-state index in [1.807, 2.05) is 18.2 Å². The molecule has 3 rings (SSSR count). The number of rotatable bonds is 8. The van der Waals surface area contributed by atoms with Gasteiger partial charge in [-0.15, -0.1) is 0 Å². The van der Waals surface area contributed by atoms with Crippen LogP contribution in [0.1, 0.15) is 37.1 Å². The predicted molar refractivity (Wildman–Crippen MR) is 92.8 cm³/mol. The number of nitrogens with one attached hydrogen (secondary N) is 1. The Morgan fingerprint density at radius 1 is 1.20 bits per heavy atom. The summed E-state index contributed by atoms with van der Waals surface area (Å²) in [6.07, 6.45) is 3.18. The lowest BCUT2D eigenvalue weighted by Gasteiger charge is -2.12. The minimum Gasteiger partial charge on any atom is -0.461 e. The average Bonchev–Trinajstić information content (AvgIpc) is 3.32. The van der Waals surface area contributed by atoms with Crippen LogP contribution in [0.25, 0.3) is 11.6 Å². The van der Waals surface area contributed by atoms with Gasteiger partial charge >= 0.3 is 0 Å². The number of carbonyl (C=O) groups is 1. The topological polar surface area (TPSA) is 81.2 Å². The Bertz CT molecular complexity index is 781. The van der Waals surface area contributed by atoms with Crippen LogP contribution in [-0.4, -0.2) is 22.6 Å². The highest BCUT2D eigenvalue weighted by molar-refractivity contribution is 5.75. The molecule has 0 aliphatic carbocycles. The van der Waals surface area contributed by atoms with Crippen LogP contribution in [0.2, 0.25) is 0 Å². The molecule has 1 N–H and O–H groups in total. The van der Waals surface area contributed by atoms with Gasteiger partial charge in [0.15, 0.2) is 5.76 Å². The van der Waals surface area contributed by atoms with Crippen LogP contribution in [0.5, 0.6) is 0 Å². The summed E-state index contributed by atoms with van der Waals surface area (Å²) < 4.78 is 10.3. The second-order valence-corrected chi connectivity index (χ2v) is 5.94. The molecule has 1 unspecified atom stereocenters. The number of benzene rings is 1. The molecule has 130 valence electrons. The zero-order valence-electron chi connectivity index (χ0n) is 14.1. The molecular formula is C19H21N3O3. The number of aromatic nitrogens is 2. The van der Waals surface area contributed by atoms with Crippen molar-refractivity contribution in [1.82, 2.24) is 15.5 Å². The van der Waals surface area contributed by atoms with Gasteiger partial charge in [0.1, 0.15) is 0 Å². The van der Waals surface area contributed by atoms with E-state index in [4.69, 9.17) is 8.94 Å². The number of hydrogen-bond acceptors (Lipinski definition) is 5. The second kappa shape index (κ2) is 8.28.